The van der Waals surface area contributed by atoms with Crippen LogP contribution < -0.4 is 0 Å². The van der Waals surface area contributed by atoms with Crippen molar-refractivity contribution in [2.75, 3.05) is 0 Å². The minimum Gasteiger partial charge on any atom is -0.456 e. The number of fused-ring (bicyclic) bond motifs is 17. The third-order valence-electron chi connectivity index (χ3n) is 9.59. The minimum atomic E-state index is -0.0718. The van der Waals surface area contributed by atoms with E-state index in [1.165, 1.54) is 22.3 Å². The molecule has 41 heavy (non-hydrogen) atoms. The van der Waals surface area contributed by atoms with Crippen LogP contribution in [0.15, 0.2) is 95.4 Å². The third kappa shape index (κ3) is 2.13. The number of hydrogen-bond acceptors (Lipinski definition) is 3. The lowest BCUT2D eigenvalue weighted by molar-refractivity contribution is 0.661. The van der Waals surface area contributed by atoms with Crippen LogP contribution >= 0.6 is 0 Å². The van der Waals surface area contributed by atoms with Crippen LogP contribution in [0.5, 0.6) is 0 Å². The number of imidazole rings is 4. The predicted octanol–water partition coefficient (Wildman–Crippen LogP) is 8.34. The van der Waals surface area contributed by atoms with Crippen molar-refractivity contribution in [3.8, 4) is 11.1 Å². The Balaban J connectivity index is 1.32. The van der Waals surface area contributed by atoms with Crippen molar-refractivity contribution in [3.05, 3.63) is 102 Å². The maximum absolute atomic E-state index is 6.19. The van der Waals surface area contributed by atoms with Crippen LogP contribution in [0.25, 0.3) is 83.2 Å². The standard InChI is InChI=1S/C35H21N5O/c1-35(2)21-10-5-3-8-18(21)20-16-23-27(17-22(20)35)39-26-12-7-11-25-32(26)40(33(39)36-23)34-37-31-24(38(25)34)14-15-29-30(31)19-9-4-6-13-28(19)41-29/h3-17H,1-2H3. The molecule has 0 N–H and O–H groups in total. The highest BCUT2D eigenvalue weighted by molar-refractivity contribution is 6.18. The van der Waals surface area contributed by atoms with Gasteiger partial charge in [0.05, 0.1) is 33.0 Å². The second-order valence-corrected chi connectivity index (χ2v) is 11.9. The molecule has 6 nitrogen and oxygen atoms in total. The first-order chi connectivity index (χ1) is 20.1. The smallest absolute Gasteiger partial charge is 0.223 e. The lowest BCUT2D eigenvalue weighted by Crippen LogP contribution is -2.14. The summed E-state index contributed by atoms with van der Waals surface area (Å²) in [4.78, 5) is 10.6. The summed E-state index contributed by atoms with van der Waals surface area (Å²) in [6.07, 6.45) is 0. The summed E-state index contributed by atoms with van der Waals surface area (Å²) in [5.74, 6) is 1.76. The van der Waals surface area contributed by atoms with Crippen LogP contribution in [0, 0.1) is 0 Å². The molecule has 0 aliphatic heterocycles. The highest BCUT2D eigenvalue weighted by atomic mass is 16.3. The van der Waals surface area contributed by atoms with Crippen molar-refractivity contribution in [1.82, 2.24) is 23.2 Å². The summed E-state index contributed by atoms with van der Waals surface area (Å²) in [5.41, 5.74) is 14.5. The van der Waals surface area contributed by atoms with Gasteiger partial charge < -0.3 is 4.42 Å². The lowest BCUT2D eigenvalue weighted by Gasteiger charge is -2.21. The van der Waals surface area contributed by atoms with Crippen molar-refractivity contribution in [3.63, 3.8) is 0 Å². The predicted molar refractivity (Wildman–Crippen MR) is 163 cm³/mol. The molecule has 5 aromatic carbocycles. The van der Waals surface area contributed by atoms with Gasteiger partial charge in [-0.15, -0.1) is 0 Å². The number of para-hydroxylation sites is 2. The highest BCUT2D eigenvalue weighted by Crippen LogP contribution is 2.50. The maximum atomic E-state index is 6.19. The van der Waals surface area contributed by atoms with Crippen LogP contribution in [-0.4, -0.2) is 23.2 Å². The molecule has 1 aliphatic rings. The Morgan fingerprint density at radius 3 is 2.29 bits per heavy atom. The molecule has 0 spiro atoms. The quantitative estimate of drug-likeness (QED) is 0.199. The fourth-order valence-electron chi connectivity index (χ4n) is 7.77. The molecule has 1 aliphatic carbocycles. The number of hydrogen-bond donors (Lipinski definition) is 0. The molecular formula is C35H21N5O. The lowest BCUT2D eigenvalue weighted by atomic mass is 9.82. The Hall–Kier alpha value is -5.36. The van der Waals surface area contributed by atoms with Gasteiger partial charge >= 0.3 is 0 Å². The summed E-state index contributed by atoms with van der Waals surface area (Å²) in [7, 11) is 0. The van der Waals surface area contributed by atoms with E-state index in [9.17, 15) is 0 Å². The first kappa shape index (κ1) is 20.5. The van der Waals surface area contributed by atoms with E-state index < -0.39 is 0 Å². The van der Waals surface area contributed by atoms with Gasteiger partial charge in [-0.25, -0.2) is 14.4 Å². The van der Waals surface area contributed by atoms with E-state index in [0.29, 0.717) is 0 Å². The molecule has 0 amide bonds. The highest BCUT2D eigenvalue weighted by Gasteiger charge is 2.36. The second kappa shape index (κ2) is 6.34. The minimum absolute atomic E-state index is 0.0718. The molecule has 10 aromatic rings. The van der Waals surface area contributed by atoms with E-state index in [4.69, 9.17) is 14.4 Å². The molecule has 0 saturated carbocycles. The molecule has 0 unspecified atom stereocenters. The maximum Gasteiger partial charge on any atom is 0.223 e. The normalized spacial score (nSPS) is 14.8. The molecule has 11 rings (SSSR count). The van der Waals surface area contributed by atoms with Gasteiger partial charge in [-0.05, 0) is 64.7 Å². The van der Waals surface area contributed by atoms with Crippen LogP contribution in [0.1, 0.15) is 25.0 Å². The van der Waals surface area contributed by atoms with Crippen LogP contribution in [0.3, 0.4) is 0 Å². The fraction of sp³-hybridized carbons (Fsp3) is 0.0857. The molecule has 192 valence electrons. The van der Waals surface area contributed by atoms with Crippen molar-refractivity contribution < 1.29 is 4.42 Å². The molecule has 0 atom stereocenters. The number of benzene rings is 5. The average molecular weight is 528 g/mol. The summed E-state index contributed by atoms with van der Waals surface area (Å²) >= 11 is 0. The van der Waals surface area contributed by atoms with Gasteiger partial charge in [0.15, 0.2) is 0 Å². The molecule has 5 aromatic heterocycles. The van der Waals surface area contributed by atoms with Crippen molar-refractivity contribution in [2.45, 2.75) is 19.3 Å². The van der Waals surface area contributed by atoms with E-state index in [1.807, 2.05) is 12.1 Å². The Morgan fingerprint density at radius 2 is 1.39 bits per heavy atom. The largest absolute Gasteiger partial charge is 0.456 e. The number of aromatic nitrogens is 5. The monoisotopic (exact) mass is 527 g/mol. The first-order valence-corrected chi connectivity index (χ1v) is 14.0. The number of nitrogens with zero attached hydrogens (tertiary/aromatic N) is 5. The second-order valence-electron chi connectivity index (χ2n) is 11.9. The van der Waals surface area contributed by atoms with Crippen LogP contribution in [-0.2, 0) is 5.41 Å². The summed E-state index contributed by atoms with van der Waals surface area (Å²) in [6.45, 7) is 4.66. The van der Waals surface area contributed by atoms with Gasteiger partial charge in [0.2, 0.25) is 11.6 Å². The number of rotatable bonds is 0. The van der Waals surface area contributed by atoms with Crippen molar-refractivity contribution >= 4 is 72.1 Å². The van der Waals surface area contributed by atoms with Crippen LogP contribution in [0.4, 0.5) is 0 Å². The molecular weight excluding hydrogens is 506 g/mol. The Labute approximate surface area is 232 Å². The third-order valence-corrected chi connectivity index (χ3v) is 9.59. The molecule has 0 radical (unpaired) electrons. The van der Waals surface area contributed by atoms with Gasteiger partial charge in [0, 0.05) is 10.8 Å². The van der Waals surface area contributed by atoms with Gasteiger partial charge in [-0.2, -0.15) is 0 Å². The van der Waals surface area contributed by atoms with Gasteiger partial charge in [-0.1, -0.05) is 62.4 Å². The van der Waals surface area contributed by atoms with Gasteiger partial charge in [0.1, 0.15) is 22.2 Å². The number of furan rings is 1. The van der Waals surface area contributed by atoms with Crippen LogP contribution in [0.2, 0.25) is 0 Å². The first-order valence-electron chi connectivity index (χ1n) is 14.0. The SMILES string of the molecule is CC1(C)c2ccccc2-c2cc3nc4n(c3cc21)c1cccc2c1n4c1nc3c4c(ccc3n21)oc1ccccc14. The van der Waals surface area contributed by atoms with Gasteiger partial charge in [-0.3, -0.25) is 8.80 Å². The molecule has 0 saturated heterocycles. The van der Waals surface area contributed by atoms with E-state index in [1.54, 1.807) is 0 Å². The van der Waals surface area contributed by atoms with Crippen molar-refractivity contribution in [2.24, 2.45) is 0 Å². The summed E-state index contributed by atoms with van der Waals surface area (Å²) < 4.78 is 13.0. The Bertz CT molecular complexity index is 2780. The topological polar surface area (TPSA) is 52.2 Å². The van der Waals surface area contributed by atoms with Gasteiger partial charge in [0.25, 0.3) is 0 Å². The molecule has 0 bridgehead atoms. The molecule has 0 fully saturated rings. The zero-order chi connectivity index (χ0) is 26.8. The van der Waals surface area contributed by atoms with E-state index in [-0.39, 0.29) is 5.41 Å². The fourth-order valence-corrected chi connectivity index (χ4v) is 7.77. The molecule has 5 heterocycles. The zero-order valence-corrected chi connectivity index (χ0v) is 22.3. The van der Waals surface area contributed by atoms with Crippen molar-refractivity contribution in [1.29, 1.82) is 0 Å². The Kier molecular flexibility index (Phi) is 3.17. The van der Waals surface area contributed by atoms with E-state index >= 15 is 0 Å². The Morgan fingerprint density at radius 1 is 0.610 bits per heavy atom. The van der Waals surface area contributed by atoms with E-state index in [2.05, 4.69) is 106 Å². The molecule has 6 heteroatoms. The van der Waals surface area contributed by atoms with E-state index in [0.717, 1.165) is 72.1 Å². The average Bonchev–Trinajstić information content (AvgIpc) is 3.79. The summed E-state index contributed by atoms with van der Waals surface area (Å²) in [6, 6.07) is 32.4. The summed E-state index contributed by atoms with van der Waals surface area (Å²) in [5, 5.41) is 2.15. The zero-order valence-electron chi connectivity index (χ0n) is 22.3.